The van der Waals surface area contributed by atoms with Crippen molar-refractivity contribution in [2.75, 3.05) is 19.6 Å². The third-order valence-corrected chi connectivity index (χ3v) is 5.78. The first-order valence-electron chi connectivity index (χ1n) is 9.11. The number of benzene rings is 1. The lowest BCUT2D eigenvalue weighted by atomic mass is 9.94. The molecule has 1 aromatic heterocycles. The topological polar surface area (TPSA) is 62.6 Å². The van der Waals surface area contributed by atoms with E-state index in [4.69, 9.17) is 0 Å². The molecule has 2 bridgehead atoms. The molecule has 2 unspecified atom stereocenters. The van der Waals surface area contributed by atoms with Gasteiger partial charge in [0, 0.05) is 39.6 Å². The number of carbonyl (C=O) groups excluding carboxylic acids is 2. The van der Waals surface area contributed by atoms with Crippen molar-refractivity contribution in [3.8, 4) is 0 Å². The molecule has 26 heavy (non-hydrogen) atoms. The summed E-state index contributed by atoms with van der Waals surface area (Å²) in [5, 5.41) is 0.878. The quantitative estimate of drug-likeness (QED) is 0.783. The second kappa shape index (κ2) is 6.27. The number of pyridine rings is 1. The monoisotopic (exact) mass is 353 g/mol. The molecule has 2 amide bonds. The predicted molar refractivity (Wildman–Crippen MR) is 99.0 cm³/mol. The summed E-state index contributed by atoms with van der Waals surface area (Å²) < 4.78 is 1.54. The summed E-state index contributed by atoms with van der Waals surface area (Å²) in [7, 11) is 1.70. The molecule has 136 valence electrons. The van der Waals surface area contributed by atoms with E-state index in [-0.39, 0.29) is 34.9 Å². The van der Waals surface area contributed by atoms with Crippen molar-refractivity contribution < 1.29 is 9.59 Å². The molecule has 5 rings (SSSR count). The minimum absolute atomic E-state index is 0.0127. The van der Waals surface area contributed by atoms with Crippen molar-refractivity contribution in [3.05, 3.63) is 46.2 Å². The van der Waals surface area contributed by atoms with Crippen molar-refractivity contribution in [3.63, 3.8) is 0 Å². The van der Waals surface area contributed by atoms with Crippen LogP contribution >= 0.6 is 0 Å². The van der Waals surface area contributed by atoms with Crippen LogP contribution in [0.2, 0.25) is 0 Å². The van der Waals surface area contributed by atoms with Crippen LogP contribution in [0.4, 0.5) is 0 Å². The van der Waals surface area contributed by atoms with E-state index in [2.05, 4.69) is 0 Å². The van der Waals surface area contributed by atoms with Gasteiger partial charge in [-0.05, 0) is 36.3 Å². The third kappa shape index (κ3) is 2.69. The van der Waals surface area contributed by atoms with Crippen LogP contribution in [-0.4, -0.2) is 51.9 Å². The van der Waals surface area contributed by atoms with Gasteiger partial charge in [0.1, 0.15) is 5.56 Å². The fourth-order valence-electron chi connectivity index (χ4n) is 4.32. The normalized spacial score (nSPS) is 22.5. The predicted octanol–water partition coefficient (Wildman–Crippen LogP) is 1.62. The van der Waals surface area contributed by atoms with Gasteiger partial charge >= 0.3 is 0 Å². The van der Waals surface area contributed by atoms with Gasteiger partial charge < -0.3 is 14.4 Å². The van der Waals surface area contributed by atoms with Crippen molar-refractivity contribution in [1.82, 2.24) is 14.4 Å². The molecule has 4 heterocycles. The molecular formula is C20H23N3O3. The van der Waals surface area contributed by atoms with Gasteiger partial charge in [0.25, 0.3) is 11.5 Å². The van der Waals surface area contributed by atoms with E-state index in [1.165, 1.54) is 0 Å². The van der Waals surface area contributed by atoms with Crippen LogP contribution in [0.25, 0.3) is 10.9 Å². The van der Waals surface area contributed by atoms with Crippen molar-refractivity contribution in [2.24, 2.45) is 13.0 Å². The number of para-hydroxylation sites is 1. The molecular weight excluding hydrogens is 330 g/mol. The molecule has 3 saturated heterocycles. The molecule has 0 aliphatic carbocycles. The first-order valence-corrected chi connectivity index (χ1v) is 9.11. The molecule has 3 fully saturated rings. The van der Waals surface area contributed by atoms with Crippen LogP contribution in [0.1, 0.15) is 30.1 Å². The van der Waals surface area contributed by atoms with Gasteiger partial charge in [-0.1, -0.05) is 18.2 Å². The maximum atomic E-state index is 13.2. The molecule has 0 N–H and O–H groups in total. The fourth-order valence-corrected chi connectivity index (χ4v) is 4.32. The Labute approximate surface area is 152 Å². The molecule has 0 radical (unpaired) electrons. The summed E-state index contributed by atoms with van der Waals surface area (Å²) in [5.41, 5.74) is 0.763. The molecule has 3 aliphatic heterocycles. The fraction of sp³-hybridized carbons (Fsp3) is 0.450. The van der Waals surface area contributed by atoms with E-state index in [1.807, 2.05) is 34.1 Å². The van der Waals surface area contributed by atoms with Gasteiger partial charge in [0.2, 0.25) is 5.91 Å². The third-order valence-electron chi connectivity index (χ3n) is 5.78. The Bertz CT molecular complexity index is 949. The van der Waals surface area contributed by atoms with E-state index in [0.29, 0.717) is 19.6 Å². The standard InChI is InChI=1S/C20H23N3O3/c1-13(24)22-10-14-7-8-16(12-22)23(11-14)20(26)17-9-15-5-3-4-6-18(15)21(2)19(17)25/h3-6,9,14,16H,7-8,10-12H2,1-2H3. The Morgan fingerprint density at radius 3 is 2.62 bits per heavy atom. The van der Waals surface area contributed by atoms with E-state index in [0.717, 1.165) is 23.7 Å². The van der Waals surface area contributed by atoms with E-state index in [1.54, 1.807) is 24.6 Å². The molecule has 6 heteroatoms. The zero-order valence-electron chi connectivity index (χ0n) is 15.1. The number of aromatic nitrogens is 1. The first kappa shape index (κ1) is 16.8. The average Bonchev–Trinajstić information content (AvgIpc) is 2.96. The molecule has 1 aromatic carbocycles. The zero-order chi connectivity index (χ0) is 18.4. The van der Waals surface area contributed by atoms with Gasteiger partial charge in [-0.2, -0.15) is 0 Å². The highest BCUT2D eigenvalue weighted by Gasteiger charge is 2.38. The van der Waals surface area contributed by atoms with Crippen molar-refractivity contribution in [2.45, 2.75) is 25.8 Å². The summed E-state index contributed by atoms with van der Waals surface area (Å²) in [6.07, 6.45) is 1.90. The number of rotatable bonds is 1. The number of amides is 2. The Balaban J connectivity index is 1.72. The van der Waals surface area contributed by atoms with Gasteiger partial charge in [0.15, 0.2) is 0 Å². The Hall–Kier alpha value is -2.63. The number of carbonyl (C=O) groups is 2. The zero-order valence-corrected chi connectivity index (χ0v) is 15.1. The smallest absolute Gasteiger partial charge is 0.263 e. The van der Waals surface area contributed by atoms with Crippen LogP contribution in [0.5, 0.6) is 0 Å². The Kier molecular flexibility index (Phi) is 4.05. The number of nitrogens with zero attached hydrogens (tertiary/aromatic N) is 3. The molecule has 2 atom stereocenters. The summed E-state index contributed by atoms with van der Waals surface area (Å²) in [6.45, 7) is 3.45. The van der Waals surface area contributed by atoms with Crippen LogP contribution in [0.15, 0.2) is 35.1 Å². The lowest BCUT2D eigenvalue weighted by molar-refractivity contribution is -0.129. The number of piperidine rings is 1. The van der Waals surface area contributed by atoms with Crippen LogP contribution < -0.4 is 5.56 Å². The minimum atomic E-state index is -0.266. The number of hydrogen-bond donors (Lipinski definition) is 0. The second-order valence-electron chi connectivity index (χ2n) is 7.46. The van der Waals surface area contributed by atoms with Crippen LogP contribution in [-0.2, 0) is 11.8 Å². The number of hydrogen-bond acceptors (Lipinski definition) is 3. The lowest BCUT2D eigenvalue weighted by Gasteiger charge is -2.36. The van der Waals surface area contributed by atoms with Crippen LogP contribution in [0.3, 0.4) is 0 Å². The Morgan fingerprint density at radius 2 is 1.85 bits per heavy atom. The van der Waals surface area contributed by atoms with Gasteiger partial charge in [-0.15, -0.1) is 0 Å². The van der Waals surface area contributed by atoms with E-state index >= 15 is 0 Å². The van der Waals surface area contributed by atoms with Gasteiger partial charge in [-0.25, -0.2) is 0 Å². The molecule has 6 nitrogen and oxygen atoms in total. The average molecular weight is 353 g/mol. The maximum Gasteiger partial charge on any atom is 0.263 e. The summed E-state index contributed by atoms with van der Waals surface area (Å²) in [6, 6.07) is 9.27. The van der Waals surface area contributed by atoms with E-state index in [9.17, 15) is 14.4 Å². The van der Waals surface area contributed by atoms with Crippen molar-refractivity contribution in [1.29, 1.82) is 0 Å². The summed E-state index contributed by atoms with van der Waals surface area (Å²) in [4.78, 5) is 41.5. The highest BCUT2D eigenvalue weighted by molar-refractivity contribution is 5.97. The summed E-state index contributed by atoms with van der Waals surface area (Å²) in [5.74, 6) is 0.125. The highest BCUT2D eigenvalue weighted by Crippen LogP contribution is 2.29. The lowest BCUT2D eigenvalue weighted by Crippen LogP contribution is -2.49. The second-order valence-corrected chi connectivity index (χ2v) is 7.46. The Morgan fingerprint density at radius 1 is 1.08 bits per heavy atom. The maximum absolute atomic E-state index is 13.2. The first-order chi connectivity index (χ1) is 12.5. The number of fused-ring (bicyclic) bond motifs is 5. The van der Waals surface area contributed by atoms with Gasteiger partial charge in [-0.3, -0.25) is 14.4 Å². The van der Waals surface area contributed by atoms with Crippen molar-refractivity contribution >= 4 is 22.7 Å². The van der Waals surface area contributed by atoms with Gasteiger partial charge in [0.05, 0.1) is 5.52 Å². The largest absolute Gasteiger partial charge is 0.341 e. The number of aryl methyl sites for hydroxylation is 1. The molecule has 2 aromatic rings. The summed E-state index contributed by atoms with van der Waals surface area (Å²) >= 11 is 0. The highest BCUT2D eigenvalue weighted by atomic mass is 16.2. The SMILES string of the molecule is CC(=O)N1CC2CCC(C1)N(C(=O)c1cc3ccccc3n(C)c1=O)C2. The molecule has 0 saturated carbocycles. The molecule has 0 spiro atoms. The minimum Gasteiger partial charge on any atom is -0.341 e. The molecule has 3 aliphatic rings. The van der Waals surface area contributed by atoms with Crippen LogP contribution in [0, 0.1) is 5.92 Å². The van der Waals surface area contributed by atoms with E-state index < -0.39 is 0 Å².